The van der Waals surface area contributed by atoms with Gasteiger partial charge in [0.2, 0.25) is 5.78 Å². The first-order chi connectivity index (χ1) is 17.5. The fourth-order valence-corrected chi connectivity index (χ4v) is 5.24. The number of allylic oxidation sites excluding steroid dienone is 2. The Labute approximate surface area is 207 Å². The Hall–Kier alpha value is -4.58. The van der Waals surface area contributed by atoms with Crippen LogP contribution < -0.4 is 9.47 Å². The van der Waals surface area contributed by atoms with E-state index in [1.54, 1.807) is 13.0 Å². The molecule has 1 spiro atoms. The monoisotopic (exact) mass is 510 g/mol. The van der Waals surface area contributed by atoms with E-state index in [-0.39, 0.29) is 23.3 Å². The molecule has 2 aromatic rings. The SMILES string of the molecule is COC1=CC(=O)c2c(O)c3c(c(O)c2C1=O)OC1(Oc2c(cc4c(c2O)C(=O)OC(C)C4)C[C@@H]1O)C3=O. The number of phenols is 3. The molecule has 0 saturated heterocycles. The van der Waals surface area contributed by atoms with E-state index in [4.69, 9.17) is 18.9 Å². The Morgan fingerprint density at radius 1 is 0.892 bits per heavy atom. The number of esters is 1. The fraction of sp³-hybridized carbons (Fsp3) is 0.280. The third-order valence-corrected chi connectivity index (χ3v) is 6.92. The largest absolute Gasteiger partial charge is 0.506 e. The minimum atomic E-state index is -2.62. The number of aromatic hydroxyl groups is 3. The molecule has 1 aliphatic carbocycles. The first kappa shape index (κ1) is 22.9. The third kappa shape index (κ3) is 2.75. The van der Waals surface area contributed by atoms with Crippen molar-refractivity contribution < 1.29 is 58.6 Å². The number of Topliss-reactive ketones (excluding diaryl/α,β-unsaturated/α-hetero) is 2. The number of benzene rings is 2. The normalized spacial score (nSPS) is 25.3. The van der Waals surface area contributed by atoms with Gasteiger partial charge in [-0.05, 0) is 12.5 Å². The summed E-state index contributed by atoms with van der Waals surface area (Å²) < 4.78 is 21.4. The van der Waals surface area contributed by atoms with E-state index in [0.717, 1.165) is 13.2 Å². The number of aliphatic hydroxyl groups is 1. The van der Waals surface area contributed by atoms with Crippen molar-refractivity contribution in [2.45, 2.75) is 37.8 Å². The molecule has 2 unspecified atom stereocenters. The molecular formula is C25H18O12. The van der Waals surface area contributed by atoms with Crippen LogP contribution in [0.4, 0.5) is 0 Å². The minimum absolute atomic E-state index is 0.165. The molecule has 12 heteroatoms. The number of aliphatic hydroxyl groups excluding tert-OH is 1. The lowest BCUT2D eigenvalue weighted by Crippen LogP contribution is -2.58. The van der Waals surface area contributed by atoms with Crippen LogP contribution >= 0.6 is 0 Å². The van der Waals surface area contributed by atoms with Gasteiger partial charge >= 0.3 is 11.8 Å². The fourth-order valence-electron chi connectivity index (χ4n) is 5.24. The zero-order valence-electron chi connectivity index (χ0n) is 19.3. The van der Waals surface area contributed by atoms with Gasteiger partial charge in [-0.25, -0.2) is 4.79 Å². The second-order valence-electron chi connectivity index (χ2n) is 9.15. The summed E-state index contributed by atoms with van der Waals surface area (Å²) in [6, 6.07) is 1.55. The number of ketones is 3. The molecule has 3 heterocycles. The lowest BCUT2D eigenvalue weighted by molar-refractivity contribution is -0.152. The number of ether oxygens (including phenoxy) is 4. The maximum Gasteiger partial charge on any atom is 0.343 e. The van der Waals surface area contributed by atoms with Crippen LogP contribution in [-0.4, -0.2) is 68.8 Å². The van der Waals surface area contributed by atoms with Crippen LogP contribution in [0.3, 0.4) is 0 Å². The number of phenolic OH excluding ortho intramolecular Hbond substituents is 3. The molecular weight excluding hydrogens is 492 g/mol. The lowest BCUT2D eigenvalue weighted by atomic mass is 9.86. The van der Waals surface area contributed by atoms with Crippen molar-refractivity contribution in [1.82, 2.24) is 0 Å². The molecule has 0 radical (unpaired) electrons. The van der Waals surface area contributed by atoms with Crippen molar-refractivity contribution in [2.75, 3.05) is 7.11 Å². The second kappa shape index (κ2) is 7.23. The summed E-state index contributed by atoms with van der Waals surface area (Å²) in [6.45, 7) is 1.68. The summed E-state index contributed by atoms with van der Waals surface area (Å²) in [4.78, 5) is 51.4. The molecule has 0 bridgehead atoms. The van der Waals surface area contributed by atoms with E-state index in [9.17, 15) is 39.6 Å². The van der Waals surface area contributed by atoms with Gasteiger partial charge in [-0.15, -0.1) is 0 Å². The maximum absolute atomic E-state index is 13.6. The smallest absolute Gasteiger partial charge is 0.343 e. The van der Waals surface area contributed by atoms with Gasteiger partial charge < -0.3 is 39.4 Å². The number of fused-ring (bicyclic) bond motifs is 4. The first-order valence-corrected chi connectivity index (χ1v) is 11.2. The van der Waals surface area contributed by atoms with Gasteiger partial charge in [-0.1, -0.05) is 6.07 Å². The average molecular weight is 510 g/mol. The number of hydrogen-bond donors (Lipinski definition) is 4. The molecule has 0 saturated carbocycles. The number of hydrogen-bond acceptors (Lipinski definition) is 12. The zero-order valence-corrected chi connectivity index (χ0v) is 19.3. The Morgan fingerprint density at radius 3 is 2.27 bits per heavy atom. The number of cyclic esters (lactones) is 1. The van der Waals surface area contributed by atoms with E-state index in [1.807, 2.05) is 0 Å². The van der Waals surface area contributed by atoms with Crippen molar-refractivity contribution >= 4 is 23.3 Å². The molecule has 6 rings (SSSR count). The van der Waals surface area contributed by atoms with Crippen LogP contribution in [0, 0.1) is 0 Å². The Kier molecular flexibility index (Phi) is 4.47. The highest BCUT2D eigenvalue weighted by molar-refractivity contribution is 6.28. The number of carbonyl (C=O) groups is 4. The topological polar surface area (TPSA) is 186 Å². The predicted molar refractivity (Wildman–Crippen MR) is 118 cm³/mol. The molecule has 3 aliphatic heterocycles. The van der Waals surface area contributed by atoms with E-state index in [2.05, 4.69) is 0 Å². The summed E-state index contributed by atoms with van der Waals surface area (Å²) in [6.07, 6.45) is -1.34. The van der Waals surface area contributed by atoms with Crippen molar-refractivity contribution in [3.05, 3.63) is 51.3 Å². The minimum Gasteiger partial charge on any atom is -0.506 e. The van der Waals surface area contributed by atoms with Gasteiger partial charge in [0.15, 0.2) is 34.5 Å². The summed E-state index contributed by atoms with van der Waals surface area (Å²) in [5.74, 6) is -10.4. The van der Waals surface area contributed by atoms with Gasteiger partial charge in [0.1, 0.15) is 29.1 Å². The first-order valence-electron chi connectivity index (χ1n) is 11.2. The van der Waals surface area contributed by atoms with Gasteiger partial charge in [-0.2, -0.15) is 0 Å². The molecule has 190 valence electrons. The van der Waals surface area contributed by atoms with Gasteiger partial charge in [0.05, 0.1) is 18.2 Å². The highest BCUT2D eigenvalue weighted by Gasteiger charge is 2.62. The van der Waals surface area contributed by atoms with Crippen molar-refractivity contribution in [1.29, 1.82) is 0 Å². The van der Waals surface area contributed by atoms with E-state index in [1.165, 1.54) is 0 Å². The number of methoxy groups -OCH3 is 1. The predicted octanol–water partition coefficient (Wildman–Crippen LogP) is 1.08. The molecule has 2 aromatic carbocycles. The maximum atomic E-state index is 13.6. The molecule has 37 heavy (non-hydrogen) atoms. The van der Waals surface area contributed by atoms with E-state index >= 15 is 0 Å². The van der Waals surface area contributed by atoms with Gasteiger partial charge in [0.25, 0.3) is 5.78 Å². The molecule has 3 atom stereocenters. The molecule has 12 nitrogen and oxygen atoms in total. The summed E-state index contributed by atoms with van der Waals surface area (Å²) in [5, 5.41) is 43.6. The Bertz CT molecular complexity index is 1530. The summed E-state index contributed by atoms with van der Waals surface area (Å²) in [5.41, 5.74) is -1.41. The van der Waals surface area contributed by atoms with Crippen LogP contribution in [0.1, 0.15) is 59.5 Å². The number of rotatable bonds is 1. The molecule has 4 aliphatic rings. The summed E-state index contributed by atoms with van der Waals surface area (Å²) in [7, 11) is 1.13. The second-order valence-corrected chi connectivity index (χ2v) is 9.15. The molecule has 0 fully saturated rings. The average Bonchev–Trinajstić information content (AvgIpc) is 3.13. The van der Waals surface area contributed by atoms with E-state index < -0.39 is 86.8 Å². The van der Waals surface area contributed by atoms with Crippen molar-refractivity contribution in [2.24, 2.45) is 0 Å². The highest BCUT2D eigenvalue weighted by atomic mass is 16.7. The zero-order chi connectivity index (χ0) is 26.5. The van der Waals surface area contributed by atoms with Crippen LogP contribution in [0.2, 0.25) is 0 Å². The number of carbonyl (C=O) groups excluding carboxylic acids is 4. The van der Waals surface area contributed by atoms with E-state index in [0.29, 0.717) is 12.0 Å². The summed E-state index contributed by atoms with van der Waals surface area (Å²) >= 11 is 0. The Balaban J connectivity index is 1.50. The standard InChI is InChI=1S/C25H18O12/c1-7-3-8-4-9-5-12(27)25(36-21(9)19(30)13(8)24(33)35-7)23(32)16-18(29)14-10(26)6-11(34-2)17(28)15(14)20(31)22(16)37-25/h4,6-7,12,27,29-31H,3,5H2,1-2H3/t7?,12-,25?/m0/s1. The van der Waals surface area contributed by atoms with Crippen LogP contribution in [0.5, 0.6) is 28.7 Å². The molecule has 0 aromatic heterocycles. The quantitative estimate of drug-likeness (QED) is 0.316. The van der Waals surface area contributed by atoms with Crippen LogP contribution in [-0.2, 0) is 22.3 Å². The molecule has 0 amide bonds. The van der Waals surface area contributed by atoms with Crippen molar-refractivity contribution in [3.8, 4) is 28.7 Å². The Morgan fingerprint density at radius 2 is 1.57 bits per heavy atom. The van der Waals surface area contributed by atoms with Crippen LogP contribution in [0.25, 0.3) is 0 Å². The van der Waals surface area contributed by atoms with Gasteiger partial charge in [0, 0.05) is 24.5 Å². The van der Waals surface area contributed by atoms with Crippen LogP contribution in [0.15, 0.2) is 17.9 Å². The molecule has 4 N–H and O–H groups in total. The highest BCUT2D eigenvalue weighted by Crippen LogP contribution is 2.55. The third-order valence-electron chi connectivity index (χ3n) is 6.92. The lowest BCUT2D eigenvalue weighted by Gasteiger charge is -2.38. The van der Waals surface area contributed by atoms with Crippen molar-refractivity contribution in [3.63, 3.8) is 0 Å². The van der Waals surface area contributed by atoms with Gasteiger partial charge in [-0.3, -0.25) is 14.4 Å².